The van der Waals surface area contributed by atoms with Gasteiger partial charge in [-0.2, -0.15) is 0 Å². The second-order valence-corrected chi connectivity index (χ2v) is 4.50. The molecule has 0 saturated carbocycles. The van der Waals surface area contributed by atoms with Crippen LogP contribution < -0.4 is 10.3 Å². The molecular weight excluding hydrogens is 204 g/mol. The molecule has 0 spiro atoms. The number of hydrogen-bond donors (Lipinski definition) is 2. The standard InChI is InChI=1S/C4H8N2S4/c1-2(3(7)9-5)4(8)10-6/h2H,5-6H2,1H3/p+2. The third-order valence-corrected chi connectivity index (χ3v) is 3.68. The van der Waals surface area contributed by atoms with Gasteiger partial charge in [0.1, 0.15) is 32.3 Å². The molecule has 2 nitrogen and oxygen atoms in total. The van der Waals surface area contributed by atoms with Gasteiger partial charge in [-0.15, -0.1) is 0 Å². The molecule has 0 saturated heterocycles. The molecule has 0 aromatic rings. The van der Waals surface area contributed by atoms with Crippen LogP contribution >= 0.6 is 48.3 Å². The summed E-state index contributed by atoms with van der Waals surface area (Å²) in [6.07, 6.45) is 0. The summed E-state index contributed by atoms with van der Waals surface area (Å²) < 4.78 is 1.67. The molecule has 0 radical (unpaired) electrons. The zero-order valence-corrected chi connectivity index (χ0v) is 8.89. The van der Waals surface area contributed by atoms with E-state index in [4.69, 9.17) is 24.4 Å². The van der Waals surface area contributed by atoms with Crippen molar-refractivity contribution in [1.29, 1.82) is 0 Å². The lowest BCUT2D eigenvalue weighted by Crippen LogP contribution is -2.43. The van der Waals surface area contributed by atoms with Crippen LogP contribution in [0, 0.1) is 5.92 Å². The van der Waals surface area contributed by atoms with Gasteiger partial charge in [0, 0.05) is 5.92 Å². The molecule has 0 atom stereocenters. The number of rotatable bonds is 2. The van der Waals surface area contributed by atoms with E-state index in [1.165, 1.54) is 23.9 Å². The van der Waals surface area contributed by atoms with Gasteiger partial charge in [0.2, 0.25) is 0 Å². The SMILES string of the molecule is CC(C(=S)S[NH3+])C(=S)S[NH3+]. The molecule has 10 heavy (non-hydrogen) atoms. The Bertz CT molecular complexity index is 130. The highest BCUT2D eigenvalue weighted by molar-refractivity contribution is 8.21. The molecule has 0 aliphatic carbocycles. The Morgan fingerprint density at radius 1 is 1.20 bits per heavy atom. The second-order valence-electron chi connectivity index (χ2n) is 1.65. The number of thiocarbonyl (C=S) groups is 2. The number of hydrogen-bond acceptors (Lipinski definition) is 4. The van der Waals surface area contributed by atoms with Crippen molar-refractivity contribution in [3.63, 3.8) is 0 Å². The molecule has 0 fully saturated rings. The van der Waals surface area contributed by atoms with Gasteiger partial charge in [0.05, 0.1) is 0 Å². The minimum Gasteiger partial charge on any atom is -0.291 e. The van der Waals surface area contributed by atoms with Gasteiger partial charge in [-0.25, -0.2) is 0 Å². The Labute approximate surface area is 79.7 Å². The molecule has 0 aliphatic rings. The first kappa shape index (κ1) is 10.8. The lowest BCUT2D eigenvalue weighted by molar-refractivity contribution is -0.134. The van der Waals surface area contributed by atoms with E-state index in [1.807, 2.05) is 6.92 Å². The molecule has 0 heterocycles. The molecule has 58 valence electrons. The van der Waals surface area contributed by atoms with Crippen molar-refractivity contribution >= 4 is 56.7 Å². The van der Waals surface area contributed by atoms with Crippen molar-refractivity contribution in [1.82, 2.24) is 0 Å². The van der Waals surface area contributed by atoms with Crippen LogP contribution in [0.25, 0.3) is 0 Å². The van der Waals surface area contributed by atoms with Crippen LogP contribution in [0.2, 0.25) is 0 Å². The third kappa shape index (κ3) is 3.27. The first-order valence-corrected chi connectivity index (χ1v) is 5.34. The molecule has 0 unspecified atom stereocenters. The maximum absolute atomic E-state index is 4.99. The first-order valence-electron chi connectivity index (χ1n) is 2.55. The molecule has 0 amide bonds. The Balaban J connectivity index is 3.94. The van der Waals surface area contributed by atoms with Crippen LogP contribution in [0.4, 0.5) is 0 Å². The summed E-state index contributed by atoms with van der Waals surface area (Å²) >= 11 is 12.6. The van der Waals surface area contributed by atoms with Crippen LogP contribution in [0.1, 0.15) is 6.92 Å². The van der Waals surface area contributed by atoms with Crippen molar-refractivity contribution in [2.24, 2.45) is 5.92 Å². The van der Waals surface area contributed by atoms with E-state index in [2.05, 4.69) is 10.3 Å². The summed E-state index contributed by atoms with van der Waals surface area (Å²) in [7, 11) is 0. The van der Waals surface area contributed by atoms with E-state index in [-0.39, 0.29) is 5.92 Å². The Kier molecular flexibility index (Phi) is 5.89. The largest absolute Gasteiger partial charge is 0.291 e. The molecule has 0 rings (SSSR count). The van der Waals surface area contributed by atoms with Crippen LogP contribution in [-0.2, 0) is 0 Å². The summed E-state index contributed by atoms with van der Waals surface area (Å²) in [5, 5.41) is 7.22. The van der Waals surface area contributed by atoms with E-state index >= 15 is 0 Å². The van der Waals surface area contributed by atoms with Gasteiger partial charge < -0.3 is 0 Å². The van der Waals surface area contributed by atoms with E-state index in [0.29, 0.717) is 0 Å². The third-order valence-electron chi connectivity index (χ3n) is 0.992. The summed E-state index contributed by atoms with van der Waals surface area (Å²) in [6.45, 7) is 1.97. The fourth-order valence-electron chi connectivity index (χ4n) is 0.346. The molecule has 6 N–H and O–H groups in total. The Hall–Kier alpha value is 0.800. The van der Waals surface area contributed by atoms with E-state index in [0.717, 1.165) is 8.39 Å². The van der Waals surface area contributed by atoms with Gasteiger partial charge in [0.25, 0.3) is 0 Å². The average Bonchev–Trinajstić information content (AvgIpc) is 2.00. The van der Waals surface area contributed by atoms with Crippen molar-refractivity contribution in [3.8, 4) is 0 Å². The predicted molar refractivity (Wildman–Crippen MR) is 55.3 cm³/mol. The average molecular weight is 214 g/mol. The molecule has 6 heteroatoms. The van der Waals surface area contributed by atoms with Crippen molar-refractivity contribution in [2.45, 2.75) is 6.92 Å². The lowest BCUT2D eigenvalue weighted by atomic mass is 10.3. The van der Waals surface area contributed by atoms with Gasteiger partial charge in [-0.3, -0.25) is 10.3 Å². The highest BCUT2D eigenvalue weighted by atomic mass is 32.2. The smallest absolute Gasteiger partial charge is 0.115 e. The minimum absolute atomic E-state index is 0.162. The monoisotopic (exact) mass is 214 g/mol. The number of quaternary nitrogens is 2. The van der Waals surface area contributed by atoms with E-state index in [1.54, 1.807) is 0 Å². The highest BCUT2D eigenvalue weighted by Crippen LogP contribution is 2.12. The maximum Gasteiger partial charge on any atom is 0.115 e. The molecular formula is C4H10N2S4+2. The predicted octanol–water partition coefficient (Wildman–Crippen LogP) is 0.0575. The minimum atomic E-state index is 0.162. The van der Waals surface area contributed by atoms with Crippen molar-refractivity contribution < 1.29 is 10.3 Å². The van der Waals surface area contributed by atoms with Gasteiger partial charge in [0.15, 0.2) is 0 Å². The fourth-order valence-corrected chi connectivity index (χ4v) is 1.62. The fraction of sp³-hybridized carbons (Fsp3) is 0.500. The van der Waals surface area contributed by atoms with Crippen LogP contribution in [-0.4, -0.2) is 8.39 Å². The van der Waals surface area contributed by atoms with E-state index in [9.17, 15) is 0 Å². The summed E-state index contributed by atoms with van der Waals surface area (Å²) in [4.78, 5) is 0. The van der Waals surface area contributed by atoms with Crippen LogP contribution in [0.15, 0.2) is 0 Å². The summed E-state index contributed by atoms with van der Waals surface area (Å²) in [5.74, 6) is 0.162. The maximum atomic E-state index is 4.99. The molecule has 0 bridgehead atoms. The summed E-state index contributed by atoms with van der Waals surface area (Å²) in [5.41, 5.74) is 0. The Morgan fingerprint density at radius 3 is 1.70 bits per heavy atom. The van der Waals surface area contributed by atoms with Crippen molar-refractivity contribution in [2.75, 3.05) is 0 Å². The normalized spacial score (nSPS) is 10.0. The Morgan fingerprint density at radius 2 is 1.50 bits per heavy atom. The van der Waals surface area contributed by atoms with Gasteiger partial charge in [-0.1, -0.05) is 31.4 Å². The van der Waals surface area contributed by atoms with Gasteiger partial charge >= 0.3 is 0 Å². The topological polar surface area (TPSA) is 55.3 Å². The zero-order valence-electron chi connectivity index (χ0n) is 5.62. The lowest BCUT2D eigenvalue weighted by Gasteiger charge is -2.04. The second kappa shape index (κ2) is 5.45. The van der Waals surface area contributed by atoms with Crippen LogP contribution in [0.5, 0.6) is 0 Å². The highest BCUT2D eigenvalue weighted by Gasteiger charge is 2.16. The van der Waals surface area contributed by atoms with Crippen LogP contribution in [0.3, 0.4) is 0 Å². The van der Waals surface area contributed by atoms with Gasteiger partial charge in [-0.05, 0) is 0 Å². The molecule has 0 aromatic heterocycles. The first-order chi connectivity index (χ1) is 4.63. The zero-order chi connectivity index (χ0) is 8.15. The molecule has 0 aliphatic heterocycles. The quantitative estimate of drug-likeness (QED) is 0.504. The van der Waals surface area contributed by atoms with Crippen molar-refractivity contribution in [3.05, 3.63) is 0 Å². The molecule has 0 aromatic carbocycles. The van der Waals surface area contributed by atoms with E-state index < -0.39 is 0 Å². The summed E-state index contributed by atoms with van der Waals surface area (Å²) in [6, 6.07) is 0.